The van der Waals surface area contributed by atoms with Gasteiger partial charge in [-0.2, -0.15) is 4.39 Å². The molecule has 1 aromatic rings. The Hall–Kier alpha value is -1.16. The van der Waals surface area contributed by atoms with Gasteiger partial charge in [0.25, 0.3) is 0 Å². The van der Waals surface area contributed by atoms with E-state index in [0.717, 1.165) is 13.1 Å². The van der Waals surface area contributed by atoms with E-state index in [1.54, 1.807) is 6.07 Å². The number of halogens is 1. The van der Waals surface area contributed by atoms with Crippen molar-refractivity contribution in [3.8, 4) is 5.75 Å². The number of hydrogen-bond acceptors (Lipinski definition) is 3. The second-order valence-electron chi connectivity index (χ2n) is 3.71. The van der Waals surface area contributed by atoms with E-state index in [2.05, 4.69) is 16.9 Å². The SMILES string of the molecule is CN1CC(COc2ccc(F)nc2)C1. The van der Waals surface area contributed by atoms with Crippen LogP contribution in [-0.4, -0.2) is 36.6 Å². The third kappa shape index (κ3) is 2.20. The average Bonchev–Trinajstić information content (AvgIpc) is 2.13. The Morgan fingerprint density at radius 2 is 2.36 bits per heavy atom. The maximum absolute atomic E-state index is 12.4. The minimum Gasteiger partial charge on any atom is -0.492 e. The Labute approximate surface area is 82.5 Å². The summed E-state index contributed by atoms with van der Waals surface area (Å²) in [5.41, 5.74) is 0. The molecule has 0 N–H and O–H groups in total. The Bertz CT molecular complexity index is 295. The van der Waals surface area contributed by atoms with Crippen molar-refractivity contribution in [1.29, 1.82) is 0 Å². The van der Waals surface area contributed by atoms with Crippen molar-refractivity contribution in [3.05, 3.63) is 24.3 Å². The topological polar surface area (TPSA) is 25.4 Å². The van der Waals surface area contributed by atoms with Crippen molar-refractivity contribution in [3.63, 3.8) is 0 Å². The van der Waals surface area contributed by atoms with Gasteiger partial charge in [0.05, 0.1) is 12.8 Å². The van der Waals surface area contributed by atoms with Crippen molar-refractivity contribution in [2.45, 2.75) is 0 Å². The lowest BCUT2D eigenvalue weighted by molar-refractivity contribution is 0.0855. The van der Waals surface area contributed by atoms with Gasteiger partial charge in [0, 0.05) is 19.0 Å². The fourth-order valence-electron chi connectivity index (χ4n) is 1.60. The van der Waals surface area contributed by atoms with E-state index >= 15 is 0 Å². The molecule has 0 atom stereocenters. The Balaban J connectivity index is 1.78. The van der Waals surface area contributed by atoms with Gasteiger partial charge in [-0.05, 0) is 19.2 Å². The number of pyridine rings is 1. The number of ether oxygens (including phenoxy) is 1. The predicted molar refractivity (Wildman–Crippen MR) is 50.7 cm³/mol. The normalized spacial score (nSPS) is 17.9. The van der Waals surface area contributed by atoms with E-state index in [-0.39, 0.29) is 0 Å². The van der Waals surface area contributed by atoms with Gasteiger partial charge in [-0.25, -0.2) is 4.98 Å². The maximum Gasteiger partial charge on any atom is 0.213 e. The molecule has 1 aliphatic rings. The smallest absolute Gasteiger partial charge is 0.213 e. The molecule has 0 amide bonds. The molecule has 1 aromatic heterocycles. The molecular formula is C10H13FN2O. The summed E-state index contributed by atoms with van der Waals surface area (Å²) in [6.07, 6.45) is 1.41. The lowest BCUT2D eigenvalue weighted by atomic mass is 10.0. The first-order valence-corrected chi connectivity index (χ1v) is 4.67. The molecule has 1 aliphatic heterocycles. The Morgan fingerprint density at radius 1 is 1.57 bits per heavy atom. The Kier molecular flexibility index (Phi) is 2.63. The predicted octanol–water partition coefficient (Wildman–Crippen LogP) is 1.16. The first-order chi connectivity index (χ1) is 6.74. The van der Waals surface area contributed by atoms with Crippen LogP contribution in [0.5, 0.6) is 5.75 Å². The number of likely N-dealkylation sites (tertiary alicyclic amines) is 1. The lowest BCUT2D eigenvalue weighted by Crippen LogP contribution is -2.46. The molecule has 3 nitrogen and oxygen atoms in total. The molecule has 2 rings (SSSR count). The minimum absolute atomic E-state index is 0.472. The molecule has 0 spiro atoms. The maximum atomic E-state index is 12.4. The van der Waals surface area contributed by atoms with Crippen molar-refractivity contribution in [1.82, 2.24) is 9.88 Å². The van der Waals surface area contributed by atoms with Gasteiger partial charge in [0.15, 0.2) is 0 Å². The van der Waals surface area contributed by atoms with E-state index in [1.807, 2.05) is 0 Å². The number of hydrogen-bond donors (Lipinski definition) is 0. The van der Waals surface area contributed by atoms with Crippen LogP contribution < -0.4 is 4.74 Å². The highest BCUT2D eigenvalue weighted by Crippen LogP contribution is 2.15. The second kappa shape index (κ2) is 3.92. The monoisotopic (exact) mass is 196 g/mol. The van der Waals surface area contributed by atoms with Crippen molar-refractivity contribution < 1.29 is 9.13 Å². The zero-order valence-electron chi connectivity index (χ0n) is 8.11. The van der Waals surface area contributed by atoms with E-state index in [9.17, 15) is 4.39 Å². The molecule has 1 saturated heterocycles. The summed E-state index contributed by atoms with van der Waals surface area (Å²) in [7, 11) is 2.08. The van der Waals surface area contributed by atoms with Gasteiger partial charge in [-0.1, -0.05) is 0 Å². The molecule has 2 heterocycles. The van der Waals surface area contributed by atoms with Crippen LogP contribution in [-0.2, 0) is 0 Å². The highest BCUT2D eigenvalue weighted by molar-refractivity contribution is 5.16. The standard InChI is InChI=1S/C10H13FN2O/c1-13-5-8(6-13)7-14-9-2-3-10(11)12-4-9/h2-4,8H,5-7H2,1H3. The number of aromatic nitrogens is 1. The molecule has 0 unspecified atom stereocenters. The van der Waals surface area contributed by atoms with Crippen LogP contribution in [0.1, 0.15) is 0 Å². The summed E-state index contributed by atoms with van der Waals surface area (Å²) in [6.45, 7) is 2.85. The van der Waals surface area contributed by atoms with E-state index in [0.29, 0.717) is 18.3 Å². The molecule has 1 fully saturated rings. The first-order valence-electron chi connectivity index (χ1n) is 4.67. The van der Waals surface area contributed by atoms with Crippen molar-refractivity contribution in [2.75, 3.05) is 26.7 Å². The van der Waals surface area contributed by atoms with Crippen LogP contribution in [0.2, 0.25) is 0 Å². The minimum atomic E-state index is -0.472. The van der Waals surface area contributed by atoms with Crippen LogP contribution in [0, 0.1) is 11.9 Å². The summed E-state index contributed by atoms with van der Waals surface area (Å²) in [5, 5.41) is 0. The largest absolute Gasteiger partial charge is 0.492 e. The van der Waals surface area contributed by atoms with Crippen LogP contribution in [0.3, 0.4) is 0 Å². The van der Waals surface area contributed by atoms with Crippen LogP contribution in [0.15, 0.2) is 18.3 Å². The summed E-state index contributed by atoms with van der Waals surface area (Å²) in [4.78, 5) is 5.75. The lowest BCUT2D eigenvalue weighted by Gasteiger charge is -2.35. The second-order valence-corrected chi connectivity index (χ2v) is 3.71. The first kappa shape index (κ1) is 9.40. The van der Waals surface area contributed by atoms with Gasteiger partial charge < -0.3 is 9.64 Å². The van der Waals surface area contributed by atoms with E-state index in [4.69, 9.17) is 4.74 Å². The van der Waals surface area contributed by atoms with E-state index in [1.165, 1.54) is 12.3 Å². The summed E-state index contributed by atoms with van der Waals surface area (Å²) in [5.74, 6) is 0.770. The number of nitrogens with zero attached hydrogens (tertiary/aromatic N) is 2. The van der Waals surface area contributed by atoms with Crippen LogP contribution >= 0.6 is 0 Å². The summed E-state index contributed by atoms with van der Waals surface area (Å²) < 4.78 is 17.9. The number of rotatable bonds is 3. The fraction of sp³-hybridized carbons (Fsp3) is 0.500. The van der Waals surface area contributed by atoms with Gasteiger partial charge in [-0.15, -0.1) is 0 Å². The third-order valence-electron chi connectivity index (χ3n) is 2.33. The summed E-state index contributed by atoms with van der Waals surface area (Å²) in [6, 6.07) is 2.91. The molecule has 4 heteroatoms. The third-order valence-corrected chi connectivity index (χ3v) is 2.33. The Morgan fingerprint density at radius 3 is 2.93 bits per heavy atom. The van der Waals surface area contributed by atoms with Crippen molar-refractivity contribution >= 4 is 0 Å². The van der Waals surface area contributed by atoms with Gasteiger partial charge in [0.2, 0.25) is 5.95 Å². The molecule has 0 aromatic carbocycles. The van der Waals surface area contributed by atoms with Gasteiger partial charge in [-0.3, -0.25) is 0 Å². The molecule has 0 bridgehead atoms. The zero-order valence-corrected chi connectivity index (χ0v) is 8.11. The average molecular weight is 196 g/mol. The van der Waals surface area contributed by atoms with Gasteiger partial charge >= 0.3 is 0 Å². The van der Waals surface area contributed by atoms with Gasteiger partial charge in [0.1, 0.15) is 5.75 Å². The highest BCUT2D eigenvalue weighted by atomic mass is 19.1. The molecule has 0 radical (unpaired) electrons. The molecule has 0 saturated carbocycles. The van der Waals surface area contributed by atoms with Crippen LogP contribution in [0.4, 0.5) is 4.39 Å². The fourth-order valence-corrected chi connectivity index (χ4v) is 1.60. The molecule has 76 valence electrons. The zero-order chi connectivity index (χ0) is 9.97. The quantitative estimate of drug-likeness (QED) is 0.678. The molecule has 14 heavy (non-hydrogen) atoms. The van der Waals surface area contributed by atoms with Crippen LogP contribution in [0.25, 0.3) is 0 Å². The van der Waals surface area contributed by atoms with Crippen molar-refractivity contribution in [2.24, 2.45) is 5.92 Å². The molecular weight excluding hydrogens is 183 g/mol. The molecule has 0 aliphatic carbocycles. The summed E-state index contributed by atoms with van der Waals surface area (Å²) >= 11 is 0. The van der Waals surface area contributed by atoms with E-state index < -0.39 is 5.95 Å². The highest BCUT2D eigenvalue weighted by Gasteiger charge is 2.23.